The first kappa shape index (κ1) is 18.3. The van der Waals surface area contributed by atoms with Gasteiger partial charge in [0.1, 0.15) is 5.82 Å². The Kier molecular flexibility index (Phi) is 4.03. The van der Waals surface area contributed by atoms with Crippen molar-refractivity contribution >= 4 is 17.7 Å². The van der Waals surface area contributed by atoms with E-state index in [-0.39, 0.29) is 54.1 Å². The molecule has 0 spiro atoms. The zero-order chi connectivity index (χ0) is 19.7. The number of hydrogen-bond donors (Lipinski definition) is 2. The van der Waals surface area contributed by atoms with Crippen molar-refractivity contribution < 1.29 is 28.2 Å². The van der Waals surface area contributed by atoms with Gasteiger partial charge in [-0.1, -0.05) is 0 Å². The minimum Gasteiger partial charge on any atom is -0.481 e. The van der Waals surface area contributed by atoms with Crippen LogP contribution in [0.3, 0.4) is 0 Å². The summed E-state index contributed by atoms with van der Waals surface area (Å²) in [6.07, 6.45) is -5.10. The number of rotatable bonds is 4. The Labute approximate surface area is 153 Å². The van der Waals surface area contributed by atoms with Crippen LogP contribution in [-0.4, -0.2) is 57.9 Å². The first-order chi connectivity index (χ1) is 12.6. The molecule has 1 saturated carbocycles. The second-order valence-electron chi connectivity index (χ2n) is 7.77. The number of aromatic nitrogens is 2. The molecule has 2 saturated heterocycles. The molecule has 7 nitrogen and oxygen atoms in total. The fourth-order valence-corrected chi connectivity index (χ4v) is 4.39. The molecule has 1 aliphatic carbocycles. The zero-order valence-corrected chi connectivity index (χ0v) is 14.9. The molecule has 0 amide bonds. The summed E-state index contributed by atoms with van der Waals surface area (Å²) in [5, 5.41) is 18.6. The number of alkyl halides is 3. The molecule has 5 atom stereocenters. The standard InChI is InChI=1S/C17H21F3N4O3/c1-7-14(17(18,19)20)21-16(24-6-12(25)8(24)2)22-15(7)23-4-10-9(3-13(26)27)11(10)5-23/h8-12,25H,3-6H2,1-2H3,(H,26,27)/t8-,9?,10-,11+,12+/m0/s1. The fourth-order valence-electron chi connectivity index (χ4n) is 4.39. The fraction of sp³-hybridized carbons (Fsp3) is 0.706. The lowest BCUT2D eigenvalue weighted by Gasteiger charge is -2.43. The van der Waals surface area contributed by atoms with Gasteiger partial charge in [-0.25, -0.2) is 4.98 Å². The topological polar surface area (TPSA) is 89.8 Å². The Bertz CT molecular complexity index is 775. The maximum Gasteiger partial charge on any atom is 0.433 e. The number of carboxylic acid groups (broad SMARTS) is 1. The Hall–Kier alpha value is -2.10. The maximum absolute atomic E-state index is 13.5. The van der Waals surface area contributed by atoms with E-state index in [1.807, 2.05) is 4.90 Å². The number of carboxylic acids is 1. The number of aliphatic hydroxyl groups excluding tert-OH is 1. The van der Waals surface area contributed by atoms with Crippen molar-refractivity contribution in [3.05, 3.63) is 11.3 Å². The highest BCUT2D eigenvalue weighted by atomic mass is 19.4. The average Bonchev–Trinajstić information content (AvgIpc) is 3.02. The van der Waals surface area contributed by atoms with Gasteiger partial charge >= 0.3 is 12.1 Å². The van der Waals surface area contributed by atoms with Crippen molar-refractivity contribution in [3.63, 3.8) is 0 Å². The molecule has 27 heavy (non-hydrogen) atoms. The van der Waals surface area contributed by atoms with Gasteiger partial charge < -0.3 is 20.0 Å². The maximum atomic E-state index is 13.5. The van der Waals surface area contributed by atoms with Gasteiger partial charge in [-0.2, -0.15) is 18.2 Å². The predicted molar refractivity (Wildman–Crippen MR) is 89.5 cm³/mol. The summed E-state index contributed by atoms with van der Waals surface area (Å²) in [7, 11) is 0. The minimum atomic E-state index is -4.60. The Morgan fingerprint density at radius 2 is 1.85 bits per heavy atom. The summed E-state index contributed by atoms with van der Waals surface area (Å²) >= 11 is 0. The Morgan fingerprint density at radius 1 is 1.22 bits per heavy atom. The van der Waals surface area contributed by atoms with Crippen molar-refractivity contribution in [1.82, 2.24) is 9.97 Å². The van der Waals surface area contributed by atoms with E-state index in [4.69, 9.17) is 5.11 Å². The van der Waals surface area contributed by atoms with E-state index >= 15 is 0 Å². The van der Waals surface area contributed by atoms with Crippen LogP contribution in [0, 0.1) is 24.7 Å². The number of halogens is 3. The van der Waals surface area contributed by atoms with E-state index in [2.05, 4.69) is 9.97 Å². The number of fused-ring (bicyclic) bond motifs is 1. The van der Waals surface area contributed by atoms with Crippen molar-refractivity contribution in [2.45, 2.75) is 38.6 Å². The minimum absolute atomic E-state index is 0.0175. The number of nitrogens with zero attached hydrogens (tertiary/aromatic N) is 4. The predicted octanol–water partition coefficient (Wildman–Crippen LogP) is 1.53. The van der Waals surface area contributed by atoms with Crippen molar-refractivity contribution in [3.8, 4) is 0 Å². The number of anilines is 2. The van der Waals surface area contributed by atoms with Gasteiger partial charge in [0, 0.05) is 31.6 Å². The van der Waals surface area contributed by atoms with E-state index < -0.39 is 23.9 Å². The molecule has 4 rings (SSSR count). The van der Waals surface area contributed by atoms with Crippen LogP contribution in [0.5, 0.6) is 0 Å². The van der Waals surface area contributed by atoms with Crippen LogP contribution in [-0.2, 0) is 11.0 Å². The lowest BCUT2D eigenvalue weighted by molar-refractivity contribution is -0.141. The number of hydrogen-bond acceptors (Lipinski definition) is 6. The molecule has 3 fully saturated rings. The molecule has 148 valence electrons. The van der Waals surface area contributed by atoms with E-state index in [0.717, 1.165) is 0 Å². The van der Waals surface area contributed by atoms with E-state index in [0.29, 0.717) is 13.1 Å². The van der Waals surface area contributed by atoms with Gasteiger partial charge in [-0.3, -0.25) is 4.79 Å². The van der Waals surface area contributed by atoms with Crippen LogP contribution < -0.4 is 9.80 Å². The van der Waals surface area contributed by atoms with E-state index in [1.165, 1.54) is 6.92 Å². The average molecular weight is 386 g/mol. The van der Waals surface area contributed by atoms with Gasteiger partial charge in [-0.15, -0.1) is 0 Å². The smallest absolute Gasteiger partial charge is 0.433 e. The molecule has 0 bridgehead atoms. The van der Waals surface area contributed by atoms with Gasteiger partial charge in [0.25, 0.3) is 0 Å². The first-order valence-corrected chi connectivity index (χ1v) is 8.95. The lowest BCUT2D eigenvalue weighted by atomic mass is 10.0. The quantitative estimate of drug-likeness (QED) is 0.811. The zero-order valence-electron chi connectivity index (χ0n) is 14.9. The highest BCUT2D eigenvalue weighted by Gasteiger charge is 2.56. The molecule has 3 aliphatic rings. The van der Waals surface area contributed by atoms with Crippen LogP contribution >= 0.6 is 0 Å². The van der Waals surface area contributed by atoms with Crippen LogP contribution in [0.1, 0.15) is 24.6 Å². The van der Waals surface area contributed by atoms with Gasteiger partial charge in [-0.05, 0) is 31.6 Å². The summed E-state index contributed by atoms with van der Waals surface area (Å²) in [6, 6.07) is -0.339. The molecule has 3 heterocycles. The number of carbonyl (C=O) groups is 1. The number of β-amino-alcohol motifs (C(OH)–C–C–N with tert-alkyl or cyclic N) is 1. The summed E-state index contributed by atoms with van der Waals surface area (Å²) in [4.78, 5) is 22.4. The second-order valence-corrected chi connectivity index (χ2v) is 7.77. The van der Waals surface area contributed by atoms with Crippen LogP contribution in [0.4, 0.5) is 24.9 Å². The van der Waals surface area contributed by atoms with Crippen molar-refractivity contribution in [2.75, 3.05) is 29.4 Å². The molecule has 2 N–H and O–H groups in total. The van der Waals surface area contributed by atoms with Crippen molar-refractivity contribution in [2.24, 2.45) is 17.8 Å². The number of aliphatic carboxylic acids is 1. The number of aliphatic hydroxyl groups is 1. The summed E-state index contributed by atoms with van der Waals surface area (Å²) in [5.41, 5.74) is -0.977. The largest absolute Gasteiger partial charge is 0.481 e. The summed E-state index contributed by atoms with van der Waals surface area (Å²) < 4.78 is 40.5. The molecular formula is C17H21F3N4O3. The van der Waals surface area contributed by atoms with Crippen LogP contribution in [0.15, 0.2) is 0 Å². The Morgan fingerprint density at radius 3 is 2.33 bits per heavy atom. The highest BCUT2D eigenvalue weighted by Crippen LogP contribution is 2.54. The molecule has 1 unspecified atom stereocenters. The molecule has 1 aromatic heterocycles. The summed E-state index contributed by atoms with van der Waals surface area (Å²) in [5.74, 6) is -0.124. The molecule has 10 heteroatoms. The molecular weight excluding hydrogens is 365 g/mol. The third kappa shape index (κ3) is 2.99. The van der Waals surface area contributed by atoms with E-state index in [9.17, 15) is 23.1 Å². The SMILES string of the molecule is Cc1c(N2C[C@@H]3C(CC(=O)O)[C@@H]3C2)nc(N2C[C@@H](O)[C@@H]2C)nc1C(F)(F)F. The molecule has 1 aromatic rings. The molecule has 0 aromatic carbocycles. The molecule has 2 aliphatic heterocycles. The highest BCUT2D eigenvalue weighted by molar-refractivity contribution is 5.68. The van der Waals surface area contributed by atoms with Gasteiger partial charge in [0.2, 0.25) is 5.95 Å². The summed E-state index contributed by atoms with van der Waals surface area (Å²) in [6.45, 7) is 4.30. The third-order valence-electron chi connectivity index (χ3n) is 6.15. The van der Waals surface area contributed by atoms with Gasteiger partial charge in [0.15, 0.2) is 5.69 Å². The third-order valence-corrected chi connectivity index (χ3v) is 6.15. The van der Waals surface area contributed by atoms with Crippen LogP contribution in [0.25, 0.3) is 0 Å². The second kappa shape index (κ2) is 5.95. The Balaban J connectivity index is 1.62. The first-order valence-electron chi connectivity index (χ1n) is 8.95. The normalized spacial score (nSPS) is 32.3. The number of piperidine rings is 1. The van der Waals surface area contributed by atoms with Gasteiger partial charge in [0.05, 0.1) is 12.1 Å². The molecule has 0 radical (unpaired) electrons. The lowest BCUT2D eigenvalue weighted by Crippen LogP contribution is -2.59. The van der Waals surface area contributed by atoms with Crippen molar-refractivity contribution in [1.29, 1.82) is 0 Å². The monoisotopic (exact) mass is 386 g/mol. The van der Waals surface area contributed by atoms with E-state index in [1.54, 1.807) is 11.8 Å². The van der Waals surface area contributed by atoms with Crippen LogP contribution in [0.2, 0.25) is 0 Å².